The number of hydrogen-bond acceptors (Lipinski definition) is 3. The third-order valence-electron chi connectivity index (χ3n) is 4.80. The standard InChI is InChI=1S/C22H26N4O/c1-4-26-15-14-23-20(26)16-24-21(27)22(3,18-8-6-5-7-9-18)25-19-12-10-17(2)11-13-19/h5-15,25H,4,16H2,1-3H3,(H,24,27)/t22-/m1/s1. The molecule has 0 saturated heterocycles. The molecule has 1 aromatic heterocycles. The van der Waals surface area contributed by atoms with Gasteiger partial charge in [-0.1, -0.05) is 48.0 Å². The number of carbonyl (C=O) groups is 1. The van der Waals surface area contributed by atoms with Gasteiger partial charge in [-0.25, -0.2) is 4.98 Å². The van der Waals surface area contributed by atoms with Gasteiger partial charge in [-0.15, -0.1) is 0 Å². The van der Waals surface area contributed by atoms with Crippen molar-refractivity contribution in [2.45, 2.75) is 39.4 Å². The zero-order chi connectivity index (χ0) is 19.3. The highest BCUT2D eigenvalue weighted by Gasteiger charge is 2.35. The third-order valence-corrected chi connectivity index (χ3v) is 4.80. The highest BCUT2D eigenvalue weighted by atomic mass is 16.2. The molecule has 0 aliphatic rings. The van der Waals surface area contributed by atoms with Gasteiger partial charge in [0.15, 0.2) is 0 Å². The van der Waals surface area contributed by atoms with Crippen LogP contribution in [0, 0.1) is 6.92 Å². The summed E-state index contributed by atoms with van der Waals surface area (Å²) in [4.78, 5) is 17.6. The Morgan fingerprint density at radius 1 is 1.11 bits per heavy atom. The number of aromatic nitrogens is 2. The number of nitrogens with zero attached hydrogens (tertiary/aromatic N) is 2. The molecule has 0 unspecified atom stereocenters. The van der Waals surface area contributed by atoms with Crippen LogP contribution in [0.4, 0.5) is 5.69 Å². The van der Waals surface area contributed by atoms with Gasteiger partial charge in [-0.2, -0.15) is 0 Å². The highest BCUT2D eigenvalue weighted by Crippen LogP contribution is 2.27. The molecule has 0 aliphatic carbocycles. The molecule has 27 heavy (non-hydrogen) atoms. The predicted molar refractivity (Wildman–Crippen MR) is 108 cm³/mol. The topological polar surface area (TPSA) is 59.0 Å². The van der Waals surface area contributed by atoms with Crippen molar-refractivity contribution >= 4 is 11.6 Å². The molecule has 1 atom stereocenters. The highest BCUT2D eigenvalue weighted by molar-refractivity contribution is 5.90. The minimum absolute atomic E-state index is 0.0973. The molecule has 5 nitrogen and oxygen atoms in total. The molecule has 0 fully saturated rings. The Morgan fingerprint density at radius 3 is 2.48 bits per heavy atom. The first-order chi connectivity index (χ1) is 13.0. The van der Waals surface area contributed by atoms with Crippen LogP contribution in [0.2, 0.25) is 0 Å². The fourth-order valence-corrected chi connectivity index (χ4v) is 3.09. The number of amides is 1. The van der Waals surface area contributed by atoms with Crippen LogP contribution in [0.5, 0.6) is 0 Å². The Hall–Kier alpha value is -3.08. The number of rotatable bonds is 7. The lowest BCUT2D eigenvalue weighted by atomic mass is 9.90. The monoisotopic (exact) mass is 362 g/mol. The summed E-state index contributed by atoms with van der Waals surface area (Å²) < 4.78 is 2.02. The molecule has 3 rings (SSSR count). The third kappa shape index (κ3) is 4.19. The Kier molecular flexibility index (Phi) is 5.60. The molecule has 5 heteroatoms. The lowest BCUT2D eigenvalue weighted by Gasteiger charge is -2.31. The summed E-state index contributed by atoms with van der Waals surface area (Å²) in [5.74, 6) is 0.747. The Labute approximate surface area is 160 Å². The molecule has 0 bridgehead atoms. The molecular formula is C22H26N4O. The van der Waals surface area contributed by atoms with Crippen molar-refractivity contribution in [3.05, 3.63) is 83.9 Å². The summed E-state index contributed by atoms with van der Waals surface area (Å²) in [6.07, 6.45) is 3.67. The molecule has 2 aromatic carbocycles. The molecule has 2 N–H and O–H groups in total. The largest absolute Gasteiger partial charge is 0.368 e. The first-order valence-corrected chi connectivity index (χ1v) is 9.21. The first kappa shape index (κ1) is 18.7. The van der Waals surface area contributed by atoms with E-state index in [1.807, 2.05) is 79.2 Å². The summed E-state index contributed by atoms with van der Waals surface area (Å²) in [5.41, 5.74) is 2.08. The van der Waals surface area contributed by atoms with Crippen molar-refractivity contribution in [2.75, 3.05) is 5.32 Å². The van der Waals surface area contributed by atoms with Gasteiger partial charge in [0.1, 0.15) is 11.4 Å². The predicted octanol–water partition coefficient (Wildman–Crippen LogP) is 3.86. The van der Waals surface area contributed by atoms with Gasteiger partial charge in [-0.05, 0) is 38.5 Å². The van der Waals surface area contributed by atoms with Crippen molar-refractivity contribution in [2.24, 2.45) is 0 Å². The second-order valence-corrected chi connectivity index (χ2v) is 6.79. The van der Waals surface area contributed by atoms with E-state index in [1.54, 1.807) is 6.20 Å². The van der Waals surface area contributed by atoms with Gasteiger partial charge in [0.2, 0.25) is 5.91 Å². The number of hydrogen-bond donors (Lipinski definition) is 2. The van der Waals surface area contributed by atoms with Crippen molar-refractivity contribution in [3.8, 4) is 0 Å². The maximum absolute atomic E-state index is 13.2. The van der Waals surface area contributed by atoms with Crippen LogP contribution < -0.4 is 10.6 Å². The summed E-state index contributed by atoms with van der Waals surface area (Å²) in [5, 5.41) is 6.46. The number of benzene rings is 2. The summed E-state index contributed by atoms with van der Waals surface area (Å²) in [6, 6.07) is 17.8. The average molecular weight is 362 g/mol. The quantitative estimate of drug-likeness (QED) is 0.671. The van der Waals surface area contributed by atoms with E-state index in [0.29, 0.717) is 6.54 Å². The molecule has 140 valence electrons. The lowest BCUT2D eigenvalue weighted by molar-refractivity contribution is -0.125. The second kappa shape index (κ2) is 8.08. The SMILES string of the molecule is CCn1ccnc1CNC(=O)[C@](C)(Nc1ccc(C)cc1)c1ccccc1. The fourth-order valence-electron chi connectivity index (χ4n) is 3.09. The van der Waals surface area contributed by atoms with E-state index in [9.17, 15) is 4.79 Å². The number of carbonyl (C=O) groups excluding carboxylic acids is 1. The Morgan fingerprint density at radius 2 is 1.81 bits per heavy atom. The minimum Gasteiger partial charge on any atom is -0.368 e. The van der Waals surface area contributed by atoms with Crippen molar-refractivity contribution < 1.29 is 4.79 Å². The maximum Gasteiger partial charge on any atom is 0.250 e. The molecule has 0 radical (unpaired) electrons. The molecule has 0 spiro atoms. The maximum atomic E-state index is 13.2. The van der Waals surface area contributed by atoms with E-state index >= 15 is 0 Å². The van der Waals surface area contributed by atoms with Gasteiger partial charge in [-0.3, -0.25) is 4.79 Å². The number of anilines is 1. The van der Waals surface area contributed by atoms with Crippen LogP contribution >= 0.6 is 0 Å². The van der Waals surface area contributed by atoms with Crippen LogP contribution in [0.3, 0.4) is 0 Å². The summed E-state index contributed by atoms with van der Waals surface area (Å²) in [6.45, 7) is 7.22. The molecule has 3 aromatic rings. The Balaban J connectivity index is 1.84. The molecule has 1 amide bonds. The smallest absolute Gasteiger partial charge is 0.250 e. The van der Waals surface area contributed by atoms with Crippen molar-refractivity contribution in [1.82, 2.24) is 14.9 Å². The first-order valence-electron chi connectivity index (χ1n) is 9.21. The summed E-state index contributed by atoms with van der Waals surface area (Å²) >= 11 is 0. The second-order valence-electron chi connectivity index (χ2n) is 6.79. The number of imidazole rings is 1. The van der Waals surface area contributed by atoms with Crippen LogP contribution in [0.1, 0.15) is 30.8 Å². The lowest BCUT2D eigenvalue weighted by Crippen LogP contribution is -2.47. The Bertz CT molecular complexity index is 886. The van der Waals surface area contributed by atoms with Crippen molar-refractivity contribution in [1.29, 1.82) is 0 Å². The minimum atomic E-state index is -0.903. The van der Waals surface area contributed by atoms with Gasteiger partial charge in [0, 0.05) is 24.6 Å². The van der Waals surface area contributed by atoms with E-state index in [2.05, 4.69) is 22.5 Å². The van der Waals surface area contributed by atoms with Crippen molar-refractivity contribution in [3.63, 3.8) is 0 Å². The van der Waals surface area contributed by atoms with E-state index in [0.717, 1.165) is 23.6 Å². The average Bonchev–Trinajstić information content (AvgIpc) is 3.16. The van der Waals surface area contributed by atoms with Crippen LogP contribution in [0.15, 0.2) is 67.0 Å². The zero-order valence-corrected chi connectivity index (χ0v) is 16.1. The normalized spacial score (nSPS) is 13.0. The molecule has 1 heterocycles. The summed E-state index contributed by atoms with van der Waals surface area (Å²) in [7, 11) is 0. The number of aryl methyl sites for hydroxylation is 2. The van der Waals surface area contributed by atoms with E-state index in [1.165, 1.54) is 5.56 Å². The fraction of sp³-hybridized carbons (Fsp3) is 0.273. The van der Waals surface area contributed by atoms with Crippen LogP contribution in [-0.4, -0.2) is 15.5 Å². The zero-order valence-electron chi connectivity index (χ0n) is 16.1. The van der Waals surface area contributed by atoms with Gasteiger partial charge in [0.25, 0.3) is 0 Å². The molecule has 0 aliphatic heterocycles. The number of nitrogens with one attached hydrogen (secondary N) is 2. The van der Waals surface area contributed by atoms with E-state index in [-0.39, 0.29) is 5.91 Å². The van der Waals surface area contributed by atoms with Gasteiger partial charge < -0.3 is 15.2 Å². The van der Waals surface area contributed by atoms with Crippen LogP contribution in [-0.2, 0) is 23.4 Å². The van der Waals surface area contributed by atoms with Gasteiger partial charge in [0.05, 0.1) is 6.54 Å². The van der Waals surface area contributed by atoms with Gasteiger partial charge >= 0.3 is 0 Å². The van der Waals surface area contributed by atoms with E-state index in [4.69, 9.17) is 0 Å². The van der Waals surface area contributed by atoms with E-state index < -0.39 is 5.54 Å². The van der Waals surface area contributed by atoms with Crippen LogP contribution in [0.25, 0.3) is 0 Å². The molecule has 0 saturated carbocycles. The molecular weight excluding hydrogens is 336 g/mol.